The highest BCUT2D eigenvalue weighted by atomic mass is 16.5. The van der Waals surface area contributed by atoms with Crippen molar-refractivity contribution in [1.29, 1.82) is 5.41 Å². The number of carbonyl (C=O) groups is 1. The molecule has 0 bridgehead atoms. The van der Waals surface area contributed by atoms with Crippen LogP contribution in [0, 0.1) is 5.41 Å². The number of aromatic hydroxyl groups is 1. The molecule has 0 radical (unpaired) electrons. The molecule has 1 unspecified atom stereocenters. The topological polar surface area (TPSA) is 149 Å². The molecule has 34 heavy (non-hydrogen) atoms. The van der Waals surface area contributed by atoms with Crippen LogP contribution in [-0.4, -0.2) is 84.3 Å². The van der Waals surface area contributed by atoms with Gasteiger partial charge in [-0.25, -0.2) is 4.79 Å². The van der Waals surface area contributed by atoms with Crippen LogP contribution in [0.1, 0.15) is 22.7 Å². The Kier molecular flexibility index (Phi) is 11.2. The number of phenolic OH excluding ortho intramolecular Hbond substituents is 1. The zero-order valence-corrected chi connectivity index (χ0v) is 19.4. The summed E-state index contributed by atoms with van der Waals surface area (Å²) >= 11 is 0. The minimum atomic E-state index is -0.960. The number of hydrogen-bond donors (Lipinski definition) is 5. The third kappa shape index (κ3) is 8.60. The lowest BCUT2D eigenvalue weighted by Crippen LogP contribution is -2.47. The Morgan fingerprint density at radius 2 is 1.82 bits per heavy atom. The highest BCUT2D eigenvalue weighted by Crippen LogP contribution is 2.31. The van der Waals surface area contributed by atoms with Gasteiger partial charge in [0, 0.05) is 44.8 Å². The van der Waals surface area contributed by atoms with Gasteiger partial charge in [0.1, 0.15) is 18.2 Å². The van der Waals surface area contributed by atoms with E-state index in [1.807, 2.05) is 42.5 Å². The van der Waals surface area contributed by atoms with Crippen molar-refractivity contribution in [2.24, 2.45) is 11.5 Å². The van der Waals surface area contributed by atoms with E-state index >= 15 is 0 Å². The van der Waals surface area contributed by atoms with Gasteiger partial charge in [-0.1, -0.05) is 42.5 Å². The smallest absolute Gasteiger partial charge is 0.329 e. The number of piperazine rings is 1. The molecule has 2 aromatic rings. The van der Waals surface area contributed by atoms with Crippen molar-refractivity contribution in [1.82, 2.24) is 9.80 Å². The molecule has 3 rings (SSSR count). The second-order valence-electron chi connectivity index (χ2n) is 7.89. The van der Waals surface area contributed by atoms with Crippen molar-refractivity contribution in [3.8, 4) is 5.75 Å². The number of benzene rings is 2. The predicted molar refractivity (Wildman–Crippen MR) is 133 cm³/mol. The van der Waals surface area contributed by atoms with Crippen LogP contribution in [0.5, 0.6) is 5.75 Å². The average molecular weight is 470 g/mol. The number of nitrogens with one attached hydrogen (secondary N) is 1. The minimum absolute atomic E-state index is 0.0639. The number of nitrogen functional groups attached to an aromatic ring is 1. The molecular weight excluding hydrogens is 434 g/mol. The van der Waals surface area contributed by atoms with Gasteiger partial charge in [-0.3, -0.25) is 15.2 Å². The van der Waals surface area contributed by atoms with Gasteiger partial charge in [0.15, 0.2) is 0 Å². The lowest BCUT2D eigenvalue weighted by atomic mass is 9.95. The van der Waals surface area contributed by atoms with Crippen molar-refractivity contribution in [3.05, 3.63) is 77.9 Å². The molecule has 0 aromatic heterocycles. The molecule has 9 nitrogen and oxygen atoms in total. The third-order valence-corrected chi connectivity index (χ3v) is 5.37. The summed E-state index contributed by atoms with van der Waals surface area (Å²) in [4.78, 5) is 14.5. The van der Waals surface area contributed by atoms with Crippen LogP contribution in [0.4, 0.5) is 0 Å². The molecule has 1 aliphatic rings. The lowest BCUT2D eigenvalue weighted by molar-refractivity contribution is -0.142. The van der Waals surface area contributed by atoms with E-state index in [-0.39, 0.29) is 24.2 Å². The maximum absolute atomic E-state index is 9.95. The fourth-order valence-electron chi connectivity index (χ4n) is 3.78. The van der Waals surface area contributed by atoms with Gasteiger partial charge in [-0.15, -0.1) is 6.58 Å². The highest BCUT2D eigenvalue weighted by molar-refractivity contribution is 5.94. The number of ether oxygens (including phenoxy) is 1. The van der Waals surface area contributed by atoms with Gasteiger partial charge in [0.2, 0.25) is 0 Å². The Morgan fingerprint density at radius 3 is 2.35 bits per heavy atom. The van der Waals surface area contributed by atoms with Gasteiger partial charge < -0.3 is 26.4 Å². The number of phenols is 1. The SMILES string of the molecule is C=CCN1CCN(C(c2ccc(C(=N)N)cc2)c2cccc(O)c2)CC1.NCCOCC(=O)O. The highest BCUT2D eigenvalue weighted by Gasteiger charge is 2.26. The maximum Gasteiger partial charge on any atom is 0.329 e. The first-order chi connectivity index (χ1) is 16.3. The number of nitrogens with two attached hydrogens (primary N) is 2. The van der Waals surface area contributed by atoms with E-state index in [0.29, 0.717) is 13.2 Å². The molecule has 2 aromatic carbocycles. The fourth-order valence-corrected chi connectivity index (χ4v) is 3.78. The molecular formula is C25H35N5O4. The molecule has 0 saturated carbocycles. The van der Waals surface area contributed by atoms with Gasteiger partial charge in [-0.05, 0) is 23.3 Å². The number of carboxylic acid groups (broad SMARTS) is 1. The van der Waals surface area contributed by atoms with Crippen molar-refractivity contribution in [2.75, 3.05) is 52.5 Å². The number of carboxylic acids is 1. The molecule has 0 aliphatic carbocycles. The zero-order chi connectivity index (χ0) is 24.9. The van der Waals surface area contributed by atoms with Gasteiger partial charge in [0.05, 0.1) is 12.6 Å². The Hall–Kier alpha value is -3.24. The summed E-state index contributed by atoms with van der Waals surface area (Å²) in [6.07, 6.45) is 1.95. The van der Waals surface area contributed by atoms with Crippen molar-refractivity contribution < 1.29 is 19.7 Å². The summed E-state index contributed by atoms with van der Waals surface area (Å²) in [5.74, 6) is -0.611. The van der Waals surface area contributed by atoms with Gasteiger partial charge >= 0.3 is 5.97 Å². The number of rotatable bonds is 10. The van der Waals surface area contributed by atoms with Crippen LogP contribution in [0.3, 0.4) is 0 Å². The number of amidine groups is 1. The zero-order valence-electron chi connectivity index (χ0n) is 19.4. The first-order valence-corrected chi connectivity index (χ1v) is 11.2. The van der Waals surface area contributed by atoms with Crippen molar-refractivity contribution in [2.45, 2.75) is 6.04 Å². The van der Waals surface area contributed by atoms with E-state index in [9.17, 15) is 9.90 Å². The first kappa shape index (κ1) is 27.0. The lowest BCUT2D eigenvalue weighted by Gasteiger charge is -2.39. The summed E-state index contributed by atoms with van der Waals surface area (Å²) < 4.78 is 4.52. The molecule has 7 N–H and O–H groups in total. The van der Waals surface area contributed by atoms with Crippen molar-refractivity contribution >= 4 is 11.8 Å². The molecule has 1 heterocycles. The Labute approximate surface area is 200 Å². The van der Waals surface area contributed by atoms with Crippen LogP contribution in [-0.2, 0) is 9.53 Å². The summed E-state index contributed by atoms with van der Waals surface area (Å²) in [6.45, 7) is 9.05. The molecule has 1 atom stereocenters. The molecule has 0 spiro atoms. The summed E-state index contributed by atoms with van der Waals surface area (Å²) in [7, 11) is 0. The number of hydrogen-bond acceptors (Lipinski definition) is 7. The van der Waals surface area contributed by atoms with Gasteiger partial charge in [-0.2, -0.15) is 0 Å². The van der Waals surface area contributed by atoms with Gasteiger partial charge in [0.25, 0.3) is 0 Å². The van der Waals surface area contributed by atoms with E-state index in [4.69, 9.17) is 22.0 Å². The van der Waals surface area contributed by atoms with E-state index in [1.165, 1.54) is 0 Å². The summed E-state index contributed by atoms with van der Waals surface area (Å²) in [6, 6.07) is 15.4. The number of aliphatic carboxylic acids is 1. The summed E-state index contributed by atoms with van der Waals surface area (Å²) in [5, 5.41) is 25.5. The van der Waals surface area contributed by atoms with E-state index in [0.717, 1.165) is 49.4 Å². The van der Waals surface area contributed by atoms with Crippen LogP contribution in [0.15, 0.2) is 61.2 Å². The van der Waals surface area contributed by atoms with E-state index in [2.05, 4.69) is 27.2 Å². The Morgan fingerprint density at radius 1 is 1.15 bits per heavy atom. The molecule has 9 heteroatoms. The van der Waals surface area contributed by atoms with Crippen LogP contribution < -0.4 is 11.5 Å². The maximum atomic E-state index is 9.95. The monoisotopic (exact) mass is 469 g/mol. The summed E-state index contributed by atoms with van der Waals surface area (Å²) in [5.41, 5.74) is 13.5. The predicted octanol–water partition coefficient (Wildman–Crippen LogP) is 1.62. The second kappa shape index (κ2) is 14.1. The standard InChI is InChI=1S/C21H26N4O.C4H9NO3/c1-2-10-24-11-13-25(14-12-24)20(18-4-3-5-19(26)15-18)16-6-8-17(9-7-16)21(22)23;5-1-2-8-3-4(6)7/h2-9,15,20,26H,1,10-14H2,(H3,22,23);1-3,5H2,(H,6,7). The second-order valence-corrected chi connectivity index (χ2v) is 7.89. The van der Waals surface area contributed by atoms with Crippen molar-refractivity contribution in [3.63, 3.8) is 0 Å². The van der Waals surface area contributed by atoms with E-state index in [1.54, 1.807) is 6.07 Å². The number of nitrogens with zero attached hydrogens (tertiary/aromatic N) is 2. The van der Waals surface area contributed by atoms with Crippen LogP contribution in [0.25, 0.3) is 0 Å². The minimum Gasteiger partial charge on any atom is -0.508 e. The fraction of sp³-hybridized carbons (Fsp3) is 0.360. The van der Waals surface area contributed by atoms with E-state index < -0.39 is 5.97 Å². The third-order valence-electron chi connectivity index (χ3n) is 5.37. The molecule has 1 aliphatic heterocycles. The average Bonchev–Trinajstić information content (AvgIpc) is 2.81. The van der Waals surface area contributed by atoms with Crippen LogP contribution >= 0.6 is 0 Å². The van der Waals surface area contributed by atoms with Crippen LogP contribution in [0.2, 0.25) is 0 Å². The normalized spacial score (nSPS) is 15.1. The Balaban J connectivity index is 0.000000440. The molecule has 1 saturated heterocycles. The molecule has 184 valence electrons. The molecule has 1 fully saturated rings. The first-order valence-electron chi connectivity index (χ1n) is 11.2. The quantitative estimate of drug-likeness (QED) is 0.152. The largest absolute Gasteiger partial charge is 0.508 e. The Bertz CT molecular complexity index is 927. The molecule has 0 amide bonds.